The molecule has 1 aliphatic heterocycles. The van der Waals surface area contributed by atoms with Crippen LogP contribution in [0.5, 0.6) is 0 Å². The third kappa shape index (κ3) is 3.33. The van der Waals surface area contributed by atoms with Crippen molar-refractivity contribution in [3.63, 3.8) is 0 Å². The first-order chi connectivity index (χ1) is 10.8. The van der Waals surface area contributed by atoms with E-state index in [4.69, 9.17) is 0 Å². The summed E-state index contributed by atoms with van der Waals surface area (Å²) in [5.74, 6) is 1.68. The standard InChI is InChI=1S/C16H21N5O/c1-2-18-15-5-8-19-16(20-15)21-10-13(14(22)11-21)9-12-3-6-17-7-4-12/h3-8,13-14,22H,2,9-11H2,1H3,(H,18,19,20)/t13-,14+/m1/s1. The van der Waals surface area contributed by atoms with Gasteiger partial charge in [0, 0.05) is 44.1 Å². The van der Waals surface area contributed by atoms with Crippen LogP contribution < -0.4 is 10.2 Å². The maximum atomic E-state index is 10.3. The minimum Gasteiger partial charge on any atom is -0.391 e. The SMILES string of the molecule is CCNc1ccnc(N2C[C@@H](Cc3ccncc3)[C@@H](O)C2)n1. The number of anilines is 2. The van der Waals surface area contributed by atoms with E-state index in [0.29, 0.717) is 12.5 Å². The highest BCUT2D eigenvalue weighted by molar-refractivity contribution is 5.42. The molecule has 2 aromatic heterocycles. The van der Waals surface area contributed by atoms with Crippen molar-refractivity contribution >= 4 is 11.8 Å². The zero-order chi connectivity index (χ0) is 15.4. The number of nitrogens with zero attached hydrogens (tertiary/aromatic N) is 4. The molecule has 0 bridgehead atoms. The van der Waals surface area contributed by atoms with E-state index in [2.05, 4.69) is 25.2 Å². The molecule has 6 heteroatoms. The molecule has 2 aromatic rings. The highest BCUT2D eigenvalue weighted by Crippen LogP contribution is 2.24. The molecule has 0 aromatic carbocycles. The molecule has 1 fully saturated rings. The van der Waals surface area contributed by atoms with Gasteiger partial charge in [-0.25, -0.2) is 4.98 Å². The van der Waals surface area contributed by atoms with Gasteiger partial charge in [-0.2, -0.15) is 4.98 Å². The van der Waals surface area contributed by atoms with Gasteiger partial charge < -0.3 is 15.3 Å². The van der Waals surface area contributed by atoms with E-state index in [1.807, 2.05) is 25.1 Å². The first-order valence-corrected chi connectivity index (χ1v) is 7.65. The van der Waals surface area contributed by atoms with Crippen molar-refractivity contribution in [1.82, 2.24) is 15.0 Å². The Morgan fingerprint density at radius 1 is 1.23 bits per heavy atom. The highest BCUT2D eigenvalue weighted by atomic mass is 16.3. The van der Waals surface area contributed by atoms with Crippen molar-refractivity contribution in [2.24, 2.45) is 5.92 Å². The number of aromatic nitrogens is 3. The number of aliphatic hydroxyl groups excluding tert-OH is 1. The molecule has 1 aliphatic rings. The van der Waals surface area contributed by atoms with Crippen LogP contribution in [-0.4, -0.2) is 45.8 Å². The topological polar surface area (TPSA) is 74.2 Å². The minimum absolute atomic E-state index is 0.189. The lowest BCUT2D eigenvalue weighted by Crippen LogP contribution is -2.23. The predicted octanol–water partition coefficient (Wildman–Crippen LogP) is 1.34. The molecule has 0 amide bonds. The zero-order valence-corrected chi connectivity index (χ0v) is 12.7. The van der Waals surface area contributed by atoms with E-state index in [-0.39, 0.29) is 12.0 Å². The minimum atomic E-state index is -0.362. The Hall–Kier alpha value is -2.21. The average molecular weight is 299 g/mol. The van der Waals surface area contributed by atoms with Crippen LogP contribution in [0.2, 0.25) is 0 Å². The Bertz CT molecular complexity index is 606. The summed E-state index contributed by atoms with van der Waals surface area (Å²) in [6, 6.07) is 5.85. The maximum Gasteiger partial charge on any atom is 0.227 e. The van der Waals surface area contributed by atoms with Gasteiger partial charge in [0.15, 0.2) is 0 Å². The lowest BCUT2D eigenvalue weighted by Gasteiger charge is -2.16. The Morgan fingerprint density at radius 3 is 2.82 bits per heavy atom. The van der Waals surface area contributed by atoms with Gasteiger partial charge in [0.1, 0.15) is 5.82 Å². The van der Waals surface area contributed by atoms with Gasteiger partial charge in [0.2, 0.25) is 5.95 Å². The molecule has 0 unspecified atom stereocenters. The lowest BCUT2D eigenvalue weighted by atomic mass is 9.97. The van der Waals surface area contributed by atoms with Gasteiger partial charge in [-0.1, -0.05) is 0 Å². The summed E-state index contributed by atoms with van der Waals surface area (Å²) >= 11 is 0. The van der Waals surface area contributed by atoms with Crippen LogP contribution in [0.15, 0.2) is 36.8 Å². The third-order valence-corrected chi connectivity index (χ3v) is 3.94. The van der Waals surface area contributed by atoms with Crippen molar-refractivity contribution in [2.45, 2.75) is 19.4 Å². The van der Waals surface area contributed by atoms with E-state index in [0.717, 1.165) is 25.3 Å². The Kier molecular flexibility index (Phi) is 4.48. The van der Waals surface area contributed by atoms with Crippen LogP contribution in [0.4, 0.5) is 11.8 Å². The molecule has 3 heterocycles. The molecule has 2 N–H and O–H groups in total. The summed E-state index contributed by atoms with van der Waals surface area (Å²) < 4.78 is 0. The smallest absolute Gasteiger partial charge is 0.227 e. The van der Waals surface area contributed by atoms with E-state index >= 15 is 0 Å². The molecule has 0 radical (unpaired) electrons. The largest absolute Gasteiger partial charge is 0.391 e. The number of aliphatic hydroxyl groups is 1. The molecule has 0 spiro atoms. The molecule has 2 atom stereocenters. The van der Waals surface area contributed by atoms with E-state index in [1.54, 1.807) is 18.6 Å². The second-order valence-corrected chi connectivity index (χ2v) is 5.56. The number of pyridine rings is 1. The van der Waals surface area contributed by atoms with Gasteiger partial charge in [-0.05, 0) is 37.1 Å². The van der Waals surface area contributed by atoms with Crippen LogP contribution in [0.1, 0.15) is 12.5 Å². The second kappa shape index (κ2) is 6.70. The average Bonchev–Trinajstić information content (AvgIpc) is 2.90. The van der Waals surface area contributed by atoms with Crippen molar-refractivity contribution in [1.29, 1.82) is 0 Å². The summed E-state index contributed by atoms with van der Waals surface area (Å²) in [5.41, 5.74) is 1.20. The summed E-state index contributed by atoms with van der Waals surface area (Å²) in [5, 5.41) is 13.5. The maximum absolute atomic E-state index is 10.3. The van der Waals surface area contributed by atoms with Crippen molar-refractivity contribution in [3.8, 4) is 0 Å². The predicted molar refractivity (Wildman–Crippen MR) is 85.8 cm³/mol. The summed E-state index contributed by atoms with van der Waals surface area (Å²) in [7, 11) is 0. The Labute approximate surface area is 130 Å². The fourth-order valence-electron chi connectivity index (χ4n) is 2.82. The van der Waals surface area contributed by atoms with Crippen molar-refractivity contribution < 1.29 is 5.11 Å². The Morgan fingerprint density at radius 2 is 2.05 bits per heavy atom. The molecule has 0 saturated carbocycles. The molecule has 1 saturated heterocycles. The van der Waals surface area contributed by atoms with Gasteiger partial charge in [-0.15, -0.1) is 0 Å². The normalized spacial score (nSPS) is 21.1. The van der Waals surface area contributed by atoms with Gasteiger partial charge in [0.05, 0.1) is 6.10 Å². The van der Waals surface area contributed by atoms with Crippen LogP contribution in [0.3, 0.4) is 0 Å². The number of hydrogen-bond acceptors (Lipinski definition) is 6. The molecule has 22 heavy (non-hydrogen) atoms. The van der Waals surface area contributed by atoms with Crippen LogP contribution in [0.25, 0.3) is 0 Å². The van der Waals surface area contributed by atoms with Crippen LogP contribution in [-0.2, 0) is 6.42 Å². The molecule has 116 valence electrons. The van der Waals surface area contributed by atoms with Crippen LogP contribution in [0, 0.1) is 5.92 Å². The van der Waals surface area contributed by atoms with Crippen molar-refractivity contribution in [2.75, 3.05) is 29.9 Å². The van der Waals surface area contributed by atoms with Gasteiger partial charge in [-0.3, -0.25) is 4.98 Å². The quantitative estimate of drug-likeness (QED) is 0.868. The first kappa shape index (κ1) is 14.7. The van der Waals surface area contributed by atoms with E-state index in [9.17, 15) is 5.11 Å². The molecule has 6 nitrogen and oxygen atoms in total. The highest BCUT2D eigenvalue weighted by Gasteiger charge is 2.32. The number of β-amino-alcohol motifs (C(OH)–C–C–N with tert-alkyl or cyclic N) is 1. The van der Waals surface area contributed by atoms with Crippen molar-refractivity contribution in [3.05, 3.63) is 42.4 Å². The number of nitrogens with one attached hydrogen (secondary N) is 1. The zero-order valence-electron chi connectivity index (χ0n) is 12.7. The molecule has 0 aliphatic carbocycles. The van der Waals surface area contributed by atoms with Crippen LogP contribution >= 0.6 is 0 Å². The monoisotopic (exact) mass is 299 g/mol. The Balaban J connectivity index is 1.68. The van der Waals surface area contributed by atoms with Gasteiger partial charge in [0.25, 0.3) is 0 Å². The van der Waals surface area contributed by atoms with E-state index in [1.165, 1.54) is 5.56 Å². The molecule has 3 rings (SSSR count). The fraction of sp³-hybridized carbons (Fsp3) is 0.438. The summed E-state index contributed by atoms with van der Waals surface area (Å²) in [6.07, 6.45) is 5.81. The van der Waals surface area contributed by atoms with E-state index < -0.39 is 0 Å². The number of rotatable bonds is 5. The lowest BCUT2D eigenvalue weighted by molar-refractivity contribution is 0.148. The fourth-order valence-corrected chi connectivity index (χ4v) is 2.82. The molecular formula is C16H21N5O. The first-order valence-electron chi connectivity index (χ1n) is 7.65. The summed E-state index contributed by atoms with van der Waals surface area (Å²) in [4.78, 5) is 14.9. The van der Waals surface area contributed by atoms with Gasteiger partial charge >= 0.3 is 0 Å². The second-order valence-electron chi connectivity index (χ2n) is 5.56. The third-order valence-electron chi connectivity index (χ3n) is 3.94. The molecular weight excluding hydrogens is 278 g/mol. The number of hydrogen-bond donors (Lipinski definition) is 2. The summed E-state index contributed by atoms with van der Waals surface area (Å²) in [6.45, 7) is 4.19.